The number of halogens is 2. The van der Waals surface area contributed by atoms with E-state index in [9.17, 15) is 9.18 Å². The summed E-state index contributed by atoms with van der Waals surface area (Å²) in [7, 11) is 0. The molecule has 0 saturated heterocycles. The minimum Gasteiger partial charge on any atom is -0.481 e. The third-order valence-electron chi connectivity index (χ3n) is 2.60. The van der Waals surface area contributed by atoms with E-state index in [1.807, 2.05) is 6.07 Å². The minimum atomic E-state index is -0.718. The Bertz CT molecular complexity index is 713. The van der Waals surface area contributed by atoms with Crippen LogP contribution in [0.5, 0.6) is 5.75 Å². The molecule has 0 aliphatic rings. The van der Waals surface area contributed by atoms with Gasteiger partial charge in [0.05, 0.1) is 16.3 Å². The van der Waals surface area contributed by atoms with Crippen LogP contribution in [0, 0.1) is 17.1 Å². The van der Waals surface area contributed by atoms with E-state index in [1.54, 1.807) is 24.3 Å². The van der Waals surface area contributed by atoms with Gasteiger partial charge in [-0.1, -0.05) is 29.8 Å². The fourth-order valence-corrected chi connectivity index (χ4v) is 1.78. The van der Waals surface area contributed by atoms with Crippen molar-refractivity contribution in [1.82, 2.24) is 0 Å². The van der Waals surface area contributed by atoms with Gasteiger partial charge in [-0.15, -0.1) is 0 Å². The van der Waals surface area contributed by atoms with Gasteiger partial charge in [0.25, 0.3) is 5.91 Å². The van der Waals surface area contributed by atoms with E-state index < -0.39 is 18.3 Å². The number of nitrogens with one attached hydrogen (secondary N) is 1. The lowest BCUT2D eigenvalue weighted by molar-refractivity contribution is -0.118. The lowest BCUT2D eigenvalue weighted by Crippen LogP contribution is -2.21. The van der Waals surface area contributed by atoms with Crippen LogP contribution >= 0.6 is 11.6 Å². The van der Waals surface area contributed by atoms with Gasteiger partial charge in [-0.25, -0.2) is 4.39 Å². The predicted molar refractivity (Wildman–Crippen MR) is 76.7 cm³/mol. The molecule has 0 atom stereocenters. The van der Waals surface area contributed by atoms with Crippen LogP contribution in [0.4, 0.5) is 10.1 Å². The average Bonchev–Trinajstić information content (AvgIpc) is 2.49. The second-order valence-electron chi connectivity index (χ2n) is 4.05. The number of para-hydroxylation sites is 1. The molecule has 2 aromatic carbocycles. The largest absolute Gasteiger partial charge is 0.481 e. The third kappa shape index (κ3) is 3.71. The van der Waals surface area contributed by atoms with Crippen molar-refractivity contribution in [3.05, 3.63) is 58.9 Å². The van der Waals surface area contributed by atoms with Crippen molar-refractivity contribution in [2.24, 2.45) is 0 Å². The highest BCUT2D eigenvalue weighted by atomic mass is 35.5. The standard InChI is InChI=1S/C15H10ClFN2O2/c16-11-5-3-7-13(15(11)17)21-9-14(20)19-12-6-2-1-4-10(12)8-18/h1-7H,9H2,(H,19,20). The molecule has 0 aliphatic carbocycles. The molecular formula is C15H10ClFN2O2. The highest BCUT2D eigenvalue weighted by molar-refractivity contribution is 6.30. The lowest BCUT2D eigenvalue weighted by atomic mass is 10.2. The molecule has 0 aromatic heterocycles. The Morgan fingerprint density at radius 1 is 1.29 bits per heavy atom. The highest BCUT2D eigenvalue weighted by Crippen LogP contribution is 2.24. The van der Waals surface area contributed by atoms with Gasteiger partial charge in [0.2, 0.25) is 0 Å². The van der Waals surface area contributed by atoms with E-state index in [0.29, 0.717) is 11.3 Å². The van der Waals surface area contributed by atoms with Gasteiger partial charge in [0.1, 0.15) is 6.07 Å². The molecule has 0 bridgehead atoms. The molecule has 1 N–H and O–H groups in total. The first kappa shape index (κ1) is 14.8. The number of hydrogen-bond acceptors (Lipinski definition) is 3. The van der Waals surface area contributed by atoms with Crippen LogP contribution in [0.15, 0.2) is 42.5 Å². The van der Waals surface area contributed by atoms with Crippen molar-refractivity contribution in [3.8, 4) is 11.8 Å². The van der Waals surface area contributed by atoms with Gasteiger partial charge in [0.15, 0.2) is 18.2 Å². The lowest BCUT2D eigenvalue weighted by Gasteiger charge is -2.09. The van der Waals surface area contributed by atoms with Gasteiger partial charge in [-0.2, -0.15) is 5.26 Å². The Morgan fingerprint density at radius 2 is 2.05 bits per heavy atom. The SMILES string of the molecule is N#Cc1ccccc1NC(=O)COc1cccc(Cl)c1F. The number of rotatable bonds is 4. The highest BCUT2D eigenvalue weighted by Gasteiger charge is 2.11. The van der Waals surface area contributed by atoms with Crippen molar-refractivity contribution in [2.45, 2.75) is 0 Å². The molecule has 2 aromatic rings. The maximum absolute atomic E-state index is 13.6. The first-order chi connectivity index (χ1) is 10.1. The molecule has 21 heavy (non-hydrogen) atoms. The Hall–Kier alpha value is -2.58. The molecule has 0 aliphatic heterocycles. The smallest absolute Gasteiger partial charge is 0.262 e. The van der Waals surface area contributed by atoms with Crippen LogP contribution < -0.4 is 10.1 Å². The molecule has 0 unspecified atom stereocenters. The molecule has 0 saturated carbocycles. The molecule has 2 rings (SSSR count). The fourth-order valence-electron chi connectivity index (χ4n) is 1.61. The van der Waals surface area contributed by atoms with Gasteiger partial charge in [0, 0.05) is 0 Å². The Morgan fingerprint density at radius 3 is 2.81 bits per heavy atom. The molecule has 0 radical (unpaired) electrons. The van der Waals surface area contributed by atoms with Crippen molar-refractivity contribution < 1.29 is 13.9 Å². The monoisotopic (exact) mass is 304 g/mol. The van der Waals surface area contributed by atoms with E-state index in [-0.39, 0.29) is 10.8 Å². The number of carbonyl (C=O) groups is 1. The normalized spacial score (nSPS) is 9.76. The summed E-state index contributed by atoms with van der Waals surface area (Å²) in [4.78, 5) is 11.7. The Labute approximate surface area is 125 Å². The summed E-state index contributed by atoms with van der Waals surface area (Å²) in [5.41, 5.74) is 0.708. The Balaban J connectivity index is 2.00. The summed E-state index contributed by atoms with van der Waals surface area (Å²) in [6.07, 6.45) is 0. The molecular weight excluding hydrogens is 295 g/mol. The molecule has 106 valence electrons. The van der Waals surface area contributed by atoms with Crippen molar-refractivity contribution >= 4 is 23.2 Å². The molecule has 0 spiro atoms. The number of hydrogen-bond donors (Lipinski definition) is 1. The zero-order valence-corrected chi connectivity index (χ0v) is 11.5. The summed E-state index contributed by atoms with van der Waals surface area (Å²) in [5, 5.41) is 11.4. The first-order valence-corrected chi connectivity index (χ1v) is 6.35. The second-order valence-corrected chi connectivity index (χ2v) is 4.45. The predicted octanol–water partition coefficient (Wildman–Crippen LogP) is 3.37. The van der Waals surface area contributed by atoms with Gasteiger partial charge < -0.3 is 10.1 Å². The summed E-state index contributed by atoms with van der Waals surface area (Å²) < 4.78 is 18.6. The van der Waals surface area contributed by atoms with E-state index in [2.05, 4.69) is 5.32 Å². The van der Waals surface area contributed by atoms with Crippen LogP contribution in [0.3, 0.4) is 0 Å². The average molecular weight is 305 g/mol. The number of carbonyl (C=O) groups excluding carboxylic acids is 1. The number of amides is 1. The first-order valence-electron chi connectivity index (χ1n) is 5.97. The zero-order chi connectivity index (χ0) is 15.2. The van der Waals surface area contributed by atoms with E-state index in [1.165, 1.54) is 18.2 Å². The fraction of sp³-hybridized carbons (Fsp3) is 0.0667. The van der Waals surface area contributed by atoms with Crippen LogP contribution in [-0.4, -0.2) is 12.5 Å². The van der Waals surface area contributed by atoms with Crippen LogP contribution in [0.2, 0.25) is 5.02 Å². The number of nitrogens with zero attached hydrogens (tertiary/aromatic N) is 1. The zero-order valence-electron chi connectivity index (χ0n) is 10.8. The summed E-state index contributed by atoms with van der Waals surface area (Å²) in [6, 6.07) is 12.8. The summed E-state index contributed by atoms with van der Waals surface area (Å²) >= 11 is 5.61. The Kier molecular flexibility index (Phi) is 4.75. The summed E-state index contributed by atoms with van der Waals surface area (Å²) in [6.45, 7) is -0.392. The topological polar surface area (TPSA) is 62.1 Å². The van der Waals surface area contributed by atoms with Gasteiger partial charge in [-0.3, -0.25) is 4.79 Å². The minimum absolute atomic E-state index is 0.0808. The van der Waals surface area contributed by atoms with Crippen molar-refractivity contribution in [2.75, 3.05) is 11.9 Å². The van der Waals surface area contributed by atoms with Gasteiger partial charge in [-0.05, 0) is 24.3 Å². The number of anilines is 1. The van der Waals surface area contributed by atoms with Crippen LogP contribution in [-0.2, 0) is 4.79 Å². The van der Waals surface area contributed by atoms with E-state index in [4.69, 9.17) is 21.6 Å². The molecule has 1 amide bonds. The number of benzene rings is 2. The second kappa shape index (κ2) is 6.73. The van der Waals surface area contributed by atoms with Crippen molar-refractivity contribution in [3.63, 3.8) is 0 Å². The quantitative estimate of drug-likeness (QED) is 0.942. The third-order valence-corrected chi connectivity index (χ3v) is 2.89. The number of nitriles is 1. The molecule has 6 heteroatoms. The van der Waals surface area contributed by atoms with Crippen molar-refractivity contribution in [1.29, 1.82) is 5.26 Å². The van der Waals surface area contributed by atoms with E-state index >= 15 is 0 Å². The number of ether oxygens (including phenoxy) is 1. The molecule has 4 nitrogen and oxygen atoms in total. The van der Waals surface area contributed by atoms with Crippen LogP contribution in [0.1, 0.15) is 5.56 Å². The van der Waals surface area contributed by atoms with Gasteiger partial charge >= 0.3 is 0 Å². The maximum atomic E-state index is 13.6. The van der Waals surface area contributed by atoms with E-state index in [0.717, 1.165) is 0 Å². The summed E-state index contributed by atoms with van der Waals surface area (Å²) in [5.74, 6) is -1.33. The maximum Gasteiger partial charge on any atom is 0.262 e. The molecule has 0 fully saturated rings. The molecule has 0 heterocycles. The van der Waals surface area contributed by atoms with Crippen LogP contribution in [0.25, 0.3) is 0 Å².